The first kappa shape index (κ1) is 13.3. The molecule has 0 spiro atoms. The van der Waals surface area contributed by atoms with Gasteiger partial charge in [0.2, 0.25) is 0 Å². The van der Waals surface area contributed by atoms with Crippen molar-refractivity contribution in [1.29, 1.82) is 0 Å². The maximum Gasteiger partial charge on any atom is 0.165 e. The first-order valence-corrected chi connectivity index (χ1v) is 6.42. The normalized spacial score (nSPS) is 17.9. The van der Waals surface area contributed by atoms with E-state index in [9.17, 15) is 4.39 Å². The molecule has 1 aliphatic heterocycles. The zero-order chi connectivity index (χ0) is 12.8. The van der Waals surface area contributed by atoms with Gasteiger partial charge in [0.05, 0.1) is 6.10 Å². The number of halogens is 1. The lowest BCUT2D eigenvalue weighted by molar-refractivity contribution is 0.0373. The third kappa shape index (κ3) is 3.68. The SMILES string of the molecule is COC1CCN(CCOc2ccccc2F)CC1. The molecule has 100 valence electrons. The van der Waals surface area contributed by atoms with E-state index < -0.39 is 0 Å². The van der Waals surface area contributed by atoms with Crippen LogP contribution in [0.1, 0.15) is 12.8 Å². The Bertz CT molecular complexity index is 365. The molecule has 0 radical (unpaired) electrons. The molecule has 1 aliphatic rings. The second-order valence-electron chi connectivity index (χ2n) is 4.56. The smallest absolute Gasteiger partial charge is 0.165 e. The summed E-state index contributed by atoms with van der Waals surface area (Å²) in [5.41, 5.74) is 0. The van der Waals surface area contributed by atoms with Crippen molar-refractivity contribution in [3.8, 4) is 5.75 Å². The molecule has 1 fully saturated rings. The molecule has 3 nitrogen and oxygen atoms in total. The van der Waals surface area contributed by atoms with Crippen LogP contribution in [-0.2, 0) is 4.74 Å². The van der Waals surface area contributed by atoms with E-state index in [1.165, 1.54) is 6.07 Å². The van der Waals surface area contributed by atoms with Crippen molar-refractivity contribution < 1.29 is 13.9 Å². The van der Waals surface area contributed by atoms with E-state index in [1.807, 2.05) is 0 Å². The van der Waals surface area contributed by atoms with Gasteiger partial charge in [0.15, 0.2) is 11.6 Å². The fourth-order valence-corrected chi connectivity index (χ4v) is 2.22. The van der Waals surface area contributed by atoms with Crippen LogP contribution in [0.25, 0.3) is 0 Å². The molecule has 2 rings (SSSR count). The summed E-state index contributed by atoms with van der Waals surface area (Å²) in [6.07, 6.45) is 2.53. The Morgan fingerprint density at radius 2 is 2.00 bits per heavy atom. The van der Waals surface area contributed by atoms with Crippen molar-refractivity contribution in [3.63, 3.8) is 0 Å². The lowest BCUT2D eigenvalue weighted by Crippen LogP contribution is -2.38. The lowest BCUT2D eigenvalue weighted by Gasteiger charge is -2.30. The standard InChI is InChI=1S/C14H20FNO2/c1-17-12-6-8-16(9-7-12)10-11-18-14-5-3-2-4-13(14)15/h2-5,12H,6-11H2,1H3. The van der Waals surface area contributed by atoms with E-state index in [2.05, 4.69) is 4.90 Å². The number of benzene rings is 1. The topological polar surface area (TPSA) is 21.7 Å². The molecule has 1 saturated heterocycles. The summed E-state index contributed by atoms with van der Waals surface area (Å²) in [5.74, 6) is 0.0415. The van der Waals surface area contributed by atoms with Crippen LogP contribution in [0, 0.1) is 5.82 Å². The molecule has 1 heterocycles. The Balaban J connectivity index is 1.69. The predicted molar refractivity (Wildman–Crippen MR) is 68.4 cm³/mol. The molecule has 18 heavy (non-hydrogen) atoms. The Labute approximate surface area is 107 Å². The number of likely N-dealkylation sites (tertiary alicyclic amines) is 1. The highest BCUT2D eigenvalue weighted by Crippen LogP contribution is 2.16. The third-order valence-corrected chi connectivity index (χ3v) is 3.37. The average Bonchev–Trinajstić information content (AvgIpc) is 2.42. The summed E-state index contributed by atoms with van der Waals surface area (Å²) in [6.45, 7) is 3.42. The van der Waals surface area contributed by atoms with Gasteiger partial charge in [-0.3, -0.25) is 4.90 Å². The number of nitrogens with zero attached hydrogens (tertiary/aromatic N) is 1. The molecule has 0 bridgehead atoms. The van der Waals surface area contributed by atoms with Crippen molar-refractivity contribution in [2.75, 3.05) is 33.4 Å². The summed E-state index contributed by atoms with van der Waals surface area (Å²) >= 11 is 0. The van der Waals surface area contributed by atoms with Crippen LogP contribution in [0.15, 0.2) is 24.3 Å². The summed E-state index contributed by atoms with van der Waals surface area (Å²) in [5, 5.41) is 0. The molecule has 1 aromatic carbocycles. The third-order valence-electron chi connectivity index (χ3n) is 3.37. The van der Waals surface area contributed by atoms with Crippen molar-refractivity contribution in [3.05, 3.63) is 30.1 Å². The van der Waals surface area contributed by atoms with Gasteiger partial charge in [-0.05, 0) is 25.0 Å². The molecule has 0 saturated carbocycles. The Kier molecular flexibility index (Phi) is 4.96. The quantitative estimate of drug-likeness (QED) is 0.804. The molecule has 0 N–H and O–H groups in total. The zero-order valence-corrected chi connectivity index (χ0v) is 10.8. The van der Waals surface area contributed by atoms with Gasteiger partial charge >= 0.3 is 0 Å². The van der Waals surface area contributed by atoms with E-state index in [4.69, 9.17) is 9.47 Å². The highest BCUT2D eigenvalue weighted by atomic mass is 19.1. The molecule has 0 atom stereocenters. The van der Waals surface area contributed by atoms with Crippen LogP contribution in [0.3, 0.4) is 0 Å². The number of ether oxygens (including phenoxy) is 2. The highest BCUT2D eigenvalue weighted by molar-refractivity contribution is 5.23. The highest BCUT2D eigenvalue weighted by Gasteiger charge is 2.18. The largest absolute Gasteiger partial charge is 0.489 e. The number of hydrogen-bond acceptors (Lipinski definition) is 3. The first-order valence-electron chi connectivity index (χ1n) is 6.42. The van der Waals surface area contributed by atoms with Crippen LogP contribution in [-0.4, -0.2) is 44.4 Å². The molecule has 0 amide bonds. The van der Waals surface area contributed by atoms with E-state index in [-0.39, 0.29) is 5.82 Å². The molecule has 0 aliphatic carbocycles. The second-order valence-corrected chi connectivity index (χ2v) is 4.56. The molecule has 0 aromatic heterocycles. The Morgan fingerprint density at radius 1 is 1.28 bits per heavy atom. The maximum absolute atomic E-state index is 13.3. The monoisotopic (exact) mass is 253 g/mol. The maximum atomic E-state index is 13.3. The Hall–Kier alpha value is -1.13. The van der Waals surface area contributed by atoms with Crippen LogP contribution in [0.5, 0.6) is 5.75 Å². The number of para-hydroxylation sites is 1. The van der Waals surface area contributed by atoms with Gasteiger partial charge in [-0.1, -0.05) is 12.1 Å². The van der Waals surface area contributed by atoms with Gasteiger partial charge in [-0.2, -0.15) is 0 Å². The minimum atomic E-state index is -0.296. The fourth-order valence-electron chi connectivity index (χ4n) is 2.22. The summed E-state index contributed by atoms with van der Waals surface area (Å²) in [4.78, 5) is 2.33. The number of hydrogen-bond donors (Lipinski definition) is 0. The van der Waals surface area contributed by atoms with E-state index in [1.54, 1.807) is 25.3 Å². The van der Waals surface area contributed by atoms with Gasteiger partial charge in [-0.25, -0.2) is 4.39 Å². The van der Waals surface area contributed by atoms with Gasteiger partial charge in [-0.15, -0.1) is 0 Å². The van der Waals surface area contributed by atoms with Crippen molar-refractivity contribution >= 4 is 0 Å². The van der Waals surface area contributed by atoms with Crippen LogP contribution in [0.2, 0.25) is 0 Å². The first-order chi connectivity index (χ1) is 8.79. The minimum Gasteiger partial charge on any atom is -0.489 e. The van der Waals surface area contributed by atoms with Gasteiger partial charge in [0.1, 0.15) is 6.61 Å². The number of methoxy groups -OCH3 is 1. The van der Waals surface area contributed by atoms with E-state index in [0.717, 1.165) is 32.5 Å². The van der Waals surface area contributed by atoms with Crippen molar-refractivity contribution in [2.24, 2.45) is 0 Å². The molecular weight excluding hydrogens is 233 g/mol. The molecular formula is C14H20FNO2. The minimum absolute atomic E-state index is 0.296. The van der Waals surface area contributed by atoms with Gasteiger partial charge < -0.3 is 9.47 Å². The second kappa shape index (κ2) is 6.71. The Morgan fingerprint density at radius 3 is 2.67 bits per heavy atom. The van der Waals surface area contributed by atoms with E-state index >= 15 is 0 Å². The van der Waals surface area contributed by atoms with Crippen molar-refractivity contribution in [2.45, 2.75) is 18.9 Å². The predicted octanol–water partition coefficient (Wildman–Crippen LogP) is 2.32. The number of piperidine rings is 1. The number of rotatable bonds is 5. The summed E-state index contributed by atoms with van der Waals surface area (Å²) in [6, 6.07) is 6.52. The van der Waals surface area contributed by atoms with Crippen LogP contribution in [0.4, 0.5) is 4.39 Å². The summed E-state index contributed by atoms with van der Waals surface area (Å²) < 4.78 is 24.1. The fraction of sp³-hybridized carbons (Fsp3) is 0.571. The molecule has 0 unspecified atom stereocenters. The molecule has 1 aromatic rings. The van der Waals surface area contributed by atoms with Gasteiger partial charge in [0.25, 0.3) is 0 Å². The summed E-state index contributed by atoms with van der Waals surface area (Å²) in [7, 11) is 1.77. The van der Waals surface area contributed by atoms with Gasteiger partial charge in [0, 0.05) is 26.7 Å². The van der Waals surface area contributed by atoms with Crippen molar-refractivity contribution in [1.82, 2.24) is 4.90 Å². The average molecular weight is 253 g/mol. The van der Waals surface area contributed by atoms with Crippen LogP contribution < -0.4 is 4.74 Å². The lowest BCUT2D eigenvalue weighted by atomic mass is 10.1. The molecule has 4 heteroatoms. The van der Waals surface area contributed by atoms with E-state index in [0.29, 0.717) is 18.5 Å². The zero-order valence-electron chi connectivity index (χ0n) is 10.8. The van der Waals surface area contributed by atoms with Crippen LogP contribution >= 0.6 is 0 Å².